The van der Waals surface area contributed by atoms with E-state index < -0.39 is 0 Å². The van der Waals surface area contributed by atoms with Crippen molar-refractivity contribution in [3.63, 3.8) is 0 Å². The molecule has 5 heteroatoms. The summed E-state index contributed by atoms with van der Waals surface area (Å²) in [6, 6.07) is 15.3. The molecule has 2 bridgehead atoms. The third-order valence-corrected chi connectivity index (χ3v) is 5.59. The topological polar surface area (TPSA) is 40.2 Å². The molecular weight excluding hydrogens is 354 g/mol. The molecule has 5 nitrogen and oxygen atoms in total. The highest BCUT2D eigenvalue weighted by atomic mass is 16.5. The Balaban J connectivity index is 1.65. The SMILES string of the molecule is COc1cc(C2=CC3COCC(C2)N3Cc2ccccc2)cc(OC)c1OC. The van der Waals surface area contributed by atoms with Crippen LogP contribution in [0.3, 0.4) is 0 Å². The first-order valence-corrected chi connectivity index (χ1v) is 9.62. The average Bonchev–Trinajstić information content (AvgIpc) is 2.73. The van der Waals surface area contributed by atoms with Gasteiger partial charge in [-0.2, -0.15) is 0 Å². The summed E-state index contributed by atoms with van der Waals surface area (Å²) in [6.07, 6.45) is 3.27. The Morgan fingerprint density at radius 3 is 2.29 bits per heavy atom. The Morgan fingerprint density at radius 1 is 0.964 bits per heavy atom. The number of nitrogens with zero attached hydrogens (tertiary/aromatic N) is 1. The third-order valence-electron chi connectivity index (χ3n) is 5.59. The molecule has 2 aromatic carbocycles. The number of rotatable bonds is 6. The molecule has 0 aliphatic carbocycles. The molecule has 0 radical (unpaired) electrons. The molecule has 0 N–H and O–H groups in total. The number of hydrogen-bond donors (Lipinski definition) is 0. The zero-order valence-corrected chi connectivity index (χ0v) is 16.7. The van der Waals surface area contributed by atoms with Crippen molar-refractivity contribution in [1.29, 1.82) is 0 Å². The second-order valence-corrected chi connectivity index (χ2v) is 7.23. The van der Waals surface area contributed by atoms with E-state index in [1.165, 1.54) is 11.1 Å². The monoisotopic (exact) mass is 381 g/mol. The summed E-state index contributed by atoms with van der Waals surface area (Å²) < 4.78 is 22.4. The summed E-state index contributed by atoms with van der Waals surface area (Å²) in [5, 5.41) is 0. The van der Waals surface area contributed by atoms with Gasteiger partial charge in [0.25, 0.3) is 0 Å². The quantitative estimate of drug-likeness (QED) is 0.762. The second-order valence-electron chi connectivity index (χ2n) is 7.23. The largest absolute Gasteiger partial charge is 0.493 e. The molecule has 2 atom stereocenters. The van der Waals surface area contributed by atoms with Gasteiger partial charge in [0.15, 0.2) is 11.5 Å². The summed E-state index contributed by atoms with van der Waals surface area (Å²) in [4.78, 5) is 2.56. The predicted molar refractivity (Wildman–Crippen MR) is 109 cm³/mol. The van der Waals surface area contributed by atoms with Crippen molar-refractivity contribution in [3.05, 3.63) is 59.7 Å². The van der Waals surface area contributed by atoms with Gasteiger partial charge in [0.1, 0.15) is 0 Å². The average molecular weight is 381 g/mol. The molecule has 0 spiro atoms. The van der Waals surface area contributed by atoms with Gasteiger partial charge in [-0.1, -0.05) is 36.4 Å². The Labute approximate surface area is 166 Å². The van der Waals surface area contributed by atoms with Crippen LogP contribution in [0.1, 0.15) is 17.5 Å². The van der Waals surface area contributed by atoms with Crippen LogP contribution >= 0.6 is 0 Å². The molecule has 2 unspecified atom stereocenters. The molecular formula is C23H27NO4. The Hall–Kier alpha value is -2.50. The summed E-state index contributed by atoms with van der Waals surface area (Å²) >= 11 is 0. The third kappa shape index (κ3) is 3.60. The lowest BCUT2D eigenvalue weighted by molar-refractivity contribution is -0.0402. The lowest BCUT2D eigenvalue weighted by Crippen LogP contribution is -2.53. The molecule has 0 saturated carbocycles. The van der Waals surface area contributed by atoms with Crippen LogP contribution in [0.5, 0.6) is 17.2 Å². The van der Waals surface area contributed by atoms with Gasteiger partial charge in [-0.25, -0.2) is 0 Å². The maximum atomic E-state index is 5.86. The molecule has 2 aliphatic heterocycles. The zero-order chi connectivity index (χ0) is 19.5. The number of fused-ring (bicyclic) bond motifs is 2. The van der Waals surface area contributed by atoms with E-state index in [2.05, 4.69) is 41.3 Å². The fourth-order valence-corrected chi connectivity index (χ4v) is 4.18. The van der Waals surface area contributed by atoms with Crippen LogP contribution in [0.2, 0.25) is 0 Å². The van der Waals surface area contributed by atoms with Crippen molar-refractivity contribution in [2.75, 3.05) is 34.5 Å². The number of ether oxygens (including phenoxy) is 4. The van der Waals surface area contributed by atoms with Crippen molar-refractivity contribution in [2.45, 2.75) is 25.0 Å². The van der Waals surface area contributed by atoms with Crippen molar-refractivity contribution in [1.82, 2.24) is 4.90 Å². The van der Waals surface area contributed by atoms with Gasteiger partial charge in [0.05, 0.1) is 40.6 Å². The normalized spacial score (nSPS) is 21.8. The van der Waals surface area contributed by atoms with E-state index in [0.29, 0.717) is 23.3 Å². The number of morpholine rings is 1. The fraction of sp³-hybridized carbons (Fsp3) is 0.391. The maximum absolute atomic E-state index is 5.86. The Kier molecular flexibility index (Phi) is 5.55. The summed E-state index contributed by atoms with van der Waals surface area (Å²) in [5.74, 6) is 2.00. The molecule has 1 fully saturated rings. The molecule has 2 heterocycles. The molecule has 2 aliphatic rings. The summed E-state index contributed by atoms with van der Waals surface area (Å²) in [6.45, 7) is 2.42. The van der Waals surface area contributed by atoms with E-state index in [-0.39, 0.29) is 6.04 Å². The smallest absolute Gasteiger partial charge is 0.203 e. The van der Waals surface area contributed by atoms with Crippen molar-refractivity contribution in [2.24, 2.45) is 0 Å². The fourth-order valence-electron chi connectivity index (χ4n) is 4.18. The van der Waals surface area contributed by atoms with Gasteiger partial charge < -0.3 is 18.9 Å². The highest BCUT2D eigenvalue weighted by molar-refractivity contribution is 5.72. The zero-order valence-electron chi connectivity index (χ0n) is 16.7. The van der Waals surface area contributed by atoms with E-state index in [1.54, 1.807) is 21.3 Å². The van der Waals surface area contributed by atoms with E-state index in [1.807, 2.05) is 12.1 Å². The molecule has 4 rings (SSSR count). The van der Waals surface area contributed by atoms with E-state index in [9.17, 15) is 0 Å². The lowest BCUT2D eigenvalue weighted by atomic mass is 9.89. The minimum absolute atomic E-state index is 0.266. The molecule has 0 aromatic heterocycles. The van der Waals surface area contributed by atoms with Crippen LogP contribution in [0, 0.1) is 0 Å². The van der Waals surface area contributed by atoms with Gasteiger partial charge in [0.2, 0.25) is 5.75 Å². The van der Waals surface area contributed by atoms with Gasteiger partial charge in [-0.3, -0.25) is 4.90 Å². The van der Waals surface area contributed by atoms with Crippen molar-refractivity contribution < 1.29 is 18.9 Å². The Morgan fingerprint density at radius 2 is 1.68 bits per heavy atom. The molecule has 2 aromatic rings. The van der Waals surface area contributed by atoms with Crippen LogP contribution in [-0.4, -0.2) is 51.5 Å². The number of hydrogen-bond acceptors (Lipinski definition) is 5. The standard InChI is InChI=1S/C23H27NO4/c1-25-21-11-18(12-22(26-2)23(21)27-3)17-9-19-14-28-15-20(10-17)24(19)13-16-7-5-4-6-8-16/h4-9,11-12,19-20H,10,13-15H2,1-3H3. The minimum atomic E-state index is 0.266. The van der Waals surface area contributed by atoms with Gasteiger partial charge in [-0.15, -0.1) is 0 Å². The minimum Gasteiger partial charge on any atom is -0.493 e. The van der Waals surface area contributed by atoms with Crippen LogP contribution < -0.4 is 14.2 Å². The van der Waals surface area contributed by atoms with E-state index in [4.69, 9.17) is 18.9 Å². The van der Waals surface area contributed by atoms with Crippen molar-refractivity contribution >= 4 is 5.57 Å². The molecule has 1 saturated heterocycles. The van der Waals surface area contributed by atoms with Gasteiger partial charge in [-0.05, 0) is 35.3 Å². The van der Waals surface area contributed by atoms with E-state index in [0.717, 1.165) is 31.7 Å². The predicted octanol–water partition coefficient (Wildman–Crippen LogP) is 3.77. The van der Waals surface area contributed by atoms with E-state index >= 15 is 0 Å². The first-order chi connectivity index (χ1) is 13.7. The summed E-state index contributed by atoms with van der Waals surface area (Å²) in [7, 11) is 4.93. The molecule has 28 heavy (non-hydrogen) atoms. The van der Waals surface area contributed by atoms with Crippen LogP contribution in [0.15, 0.2) is 48.5 Å². The lowest BCUT2D eigenvalue weighted by Gasteiger charge is -2.45. The molecule has 0 amide bonds. The molecule has 148 valence electrons. The highest BCUT2D eigenvalue weighted by Gasteiger charge is 2.35. The number of methoxy groups -OCH3 is 3. The van der Waals surface area contributed by atoms with Crippen LogP contribution in [-0.2, 0) is 11.3 Å². The van der Waals surface area contributed by atoms with Crippen molar-refractivity contribution in [3.8, 4) is 17.2 Å². The Bertz CT molecular complexity index is 824. The van der Waals surface area contributed by atoms with Crippen LogP contribution in [0.4, 0.5) is 0 Å². The summed E-state index contributed by atoms with van der Waals surface area (Å²) in [5.41, 5.74) is 3.76. The highest BCUT2D eigenvalue weighted by Crippen LogP contribution is 2.42. The first-order valence-electron chi connectivity index (χ1n) is 9.62. The number of benzene rings is 2. The second kappa shape index (κ2) is 8.25. The maximum Gasteiger partial charge on any atom is 0.203 e. The van der Waals surface area contributed by atoms with Gasteiger partial charge in [0, 0.05) is 12.6 Å². The van der Waals surface area contributed by atoms with Crippen LogP contribution in [0.25, 0.3) is 5.57 Å². The van der Waals surface area contributed by atoms with Gasteiger partial charge >= 0.3 is 0 Å². The first kappa shape index (κ1) is 18.8.